The molecule has 4 heteroatoms. The number of anilines is 1. The minimum absolute atomic E-state index is 0.278. The molecule has 4 nitrogen and oxygen atoms in total. The van der Waals surface area contributed by atoms with Crippen molar-refractivity contribution in [2.24, 2.45) is 5.73 Å². The van der Waals surface area contributed by atoms with Crippen molar-refractivity contribution in [3.05, 3.63) is 65.7 Å². The summed E-state index contributed by atoms with van der Waals surface area (Å²) in [5.74, 6) is -0.278. The molecule has 0 aliphatic carbocycles. The molecule has 0 radical (unpaired) electrons. The number of primary amides is 1. The monoisotopic (exact) mass is 309 g/mol. The Morgan fingerprint density at radius 2 is 1.70 bits per heavy atom. The summed E-state index contributed by atoms with van der Waals surface area (Å²) in [7, 11) is 0. The maximum atomic E-state index is 12.0. The van der Waals surface area contributed by atoms with Crippen LogP contribution in [-0.4, -0.2) is 37.0 Å². The topological polar surface area (TPSA) is 49.6 Å². The van der Waals surface area contributed by atoms with Gasteiger partial charge in [0, 0.05) is 31.9 Å². The first-order valence-corrected chi connectivity index (χ1v) is 8.05. The molecule has 0 bridgehead atoms. The first-order valence-electron chi connectivity index (χ1n) is 8.05. The van der Waals surface area contributed by atoms with Crippen LogP contribution in [0.1, 0.15) is 17.2 Å². The van der Waals surface area contributed by atoms with Gasteiger partial charge in [-0.2, -0.15) is 0 Å². The summed E-state index contributed by atoms with van der Waals surface area (Å²) >= 11 is 0. The molecule has 0 saturated carbocycles. The van der Waals surface area contributed by atoms with Crippen LogP contribution < -0.4 is 10.6 Å². The zero-order chi connectivity index (χ0) is 16.2. The zero-order valence-corrected chi connectivity index (χ0v) is 13.5. The smallest absolute Gasteiger partial charge is 0.239 e. The normalized spacial score (nSPS) is 17.0. The van der Waals surface area contributed by atoms with Crippen molar-refractivity contribution in [1.29, 1.82) is 0 Å². The Hall–Kier alpha value is -2.33. The second-order valence-electron chi connectivity index (χ2n) is 6.08. The van der Waals surface area contributed by atoms with Crippen molar-refractivity contribution >= 4 is 11.6 Å². The lowest BCUT2D eigenvalue weighted by molar-refractivity contribution is -0.123. The Morgan fingerprint density at radius 1 is 1.00 bits per heavy atom. The first kappa shape index (κ1) is 15.6. The Bertz CT molecular complexity index is 663. The molecule has 1 aliphatic heterocycles. The van der Waals surface area contributed by atoms with Gasteiger partial charge >= 0.3 is 0 Å². The summed E-state index contributed by atoms with van der Waals surface area (Å²) in [4.78, 5) is 16.5. The van der Waals surface area contributed by atoms with Gasteiger partial charge in [-0.15, -0.1) is 0 Å². The number of carbonyl (C=O) groups excluding carboxylic acids is 1. The fourth-order valence-corrected chi connectivity index (χ4v) is 3.25. The molecule has 1 saturated heterocycles. The fourth-order valence-electron chi connectivity index (χ4n) is 3.25. The number of nitrogens with zero attached hydrogens (tertiary/aromatic N) is 2. The highest BCUT2D eigenvalue weighted by Crippen LogP contribution is 2.24. The lowest BCUT2D eigenvalue weighted by atomic mass is 10.0. The Balaban J connectivity index is 1.71. The van der Waals surface area contributed by atoms with Crippen molar-refractivity contribution in [1.82, 2.24) is 4.90 Å². The highest BCUT2D eigenvalue weighted by atomic mass is 16.1. The number of hydrogen-bond donors (Lipinski definition) is 1. The summed E-state index contributed by atoms with van der Waals surface area (Å²) in [6.45, 7) is 5.57. The van der Waals surface area contributed by atoms with E-state index in [1.807, 2.05) is 30.3 Å². The van der Waals surface area contributed by atoms with Gasteiger partial charge in [-0.05, 0) is 30.2 Å². The van der Waals surface area contributed by atoms with Crippen molar-refractivity contribution in [3.8, 4) is 0 Å². The van der Waals surface area contributed by atoms with E-state index in [-0.39, 0.29) is 11.9 Å². The molecular formula is C19H23N3O. The Morgan fingerprint density at radius 3 is 2.30 bits per heavy atom. The van der Waals surface area contributed by atoms with Crippen LogP contribution in [0.3, 0.4) is 0 Å². The Kier molecular flexibility index (Phi) is 4.63. The molecule has 2 N–H and O–H groups in total. The van der Waals surface area contributed by atoms with Crippen LogP contribution in [0.2, 0.25) is 0 Å². The van der Waals surface area contributed by atoms with Gasteiger partial charge in [-0.1, -0.05) is 42.5 Å². The highest BCUT2D eigenvalue weighted by Gasteiger charge is 2.28. The van der Waals surface area contributed by atoms with Crippen LogP contribution in [0.4, 0.5) is 5.69 Å². The predicted octanol–water partition coefficient (Wildman–Crippen LogP) is 2.34. The molecular weight excluding hydrogens is 286 g/mol. The quantitative estimate of drug-likeness (QED) is 0.943. The van der Waals surface area contributed by atoms with Crippen molar-refractivity contribution in [3.63, 3.8) is 0 Å². The summed E-state index contributed by atoms with van der Waals surface area (Å²) in [5.41, 5.74) is 9.16. The maximum Gasteiger partial charge on any atom is 0.239 e. The number of rotatable bonds is 4. The molecule has 0 spiro atoms. The van der Waals surface area contributed by atoms with Crippen LogP contribution in [0.5, 0.6) is 0 Å². The molecule has 1 amide bonds. The minimum atomic E-state index is -0.337. The van der Waals surface area contributed by atoms with E-state index in [9.17, 15) is 4.79 Å². The lowest BCUT2D eigenvalue weighted by Crippen LogP contribution is -2.50. The number of aryl methyl sites for hydroxylation is 1. The van der Waals surface area contributed by atoms with Gasteiger partial charge in [-0.3, -0.25) is 9.69 Å². The standard InChI is InChI=1S/C19H23N3O/c1-15-6-5-9-17(14-15)21-10-12-22(13-11-21)18(19(20)23)16-7-3-2-4-8-16/h2-9,14,18H,10-13H2,1H3,(H2,20,23). The third kappa shape index (κ3) is 3.54. The largest absolute Gasteiger partial charge is 0.369 e. The number of benzene rings is 2. The third-order valence-corrected chi connectivity index (χ3v) is 4.43. The first-order chi connectivity index (χ1) is 11.1. The van der Waals surface area contributed by atoms with E-state index in [2.05, 4.69) is 41.0 Å². The molecule has 1 unspecified atom stereocenters. The van der Waals surface area contributed by atoms with E-state index in [0.717, 1.165) is 31.7 Å². The number of nitrogens with two attached hydrogens (primary N) is 1. The van der Waals surface area contributed by atoms with Gasteiger partial charge in [0.1, 0.15) is 6.04 Å². The van der Waals surface area contributed by atoms with Gasteiger partial charge in [0.05, 0.1) is 0 Å². The predicted molar refractivity (Wildman–Crippen MR) is 93.3 cm³/mol. The van der Waals surface area contributed by atoms with Crippen LogP contribution in [0.15, 0.2) is 54.6 Å². The Labute approximate surface area is 137 Å². The molecule has 3 rings (SSSR count). The van der Waals surface area contributed by atoms with Gasteiger partial charge in [-0.25, -0.2) is 0 Å². The van der Waals surface area contributed by atoms with Crippen molar-refractivity contribution in [2.45, 2.75) is 13.0 Å². The van der Waals surface area contributed by atoms with Crippen LogP contribution in [0.25, 0.3) is 0 Å². The van der Waals surface area contributed by atoms with Crippen LogP contribution >= 0.6 is 0 Å². The molecule has 2 aromatic rings. The van der Waals surface area contributed by atoms with E-state index >= 15 is 0 Å². The average molecular weight is 309 g/mol. The molecule has 1 fully saturated rings. The number of piperazine rings is 1. The number of carbonyl (C=O) groups is 1. The van der Waals surface area contributed by atoms with Crippen LogP contribution in [0, 0.1) is 6.92 Å². The van der Waals surface area contributed by atoms with Crippen molar-refractivity contribution in [2.75, 3.05) is 31.1 Å². The van der Waals surface area contributed by atoms with E-state index in [0.29, 0.717) is 0 Å². The van der Waals surface area contributed by atoms with Gasteiger partial charge < -0.3 is 10.6 Å². The second kappa shape index (κ2) is 6.84. The second-order valence-corrected chi connectivity index (χ2v) is 6.08. The summed E-state index contributed by atoms with van der Waals surface area (Å²) in [6, 6.07) is 18.0. The lowest BCUT2D eigenvalue weighted by Gasteiger charge is -2.39. The molecule has 2 aromatic carbocycles. The van der Waals surface area contributed by atoms with E-state index in [1.54, 1.807) is 0 Å². The summed E-state index contributed by atoms with van der Waals surface area (Å²) in [5, 5.41) is 0. The van der Waals surface area contributed by atoms with Crippen molar-refractivity contribution < 1.29 is 4.79 Å². The van der Waals surface area contributed by atoms with Gasteiger partial charge in [0.15, 0.2) is 0 Å². The highest BCUT2D eigenvalue weighted by molar-refractivity contribution is 5.81. The van der Waals surface area contributed by atoms with E-state index in [4.69, 9.17) is 5.73 Å². The number of hydrogen-bond acceptors (Lipinski definition) is 3. The fraction of sp³-hybridized carbons (Fsp3) is 0.316. The molecule has 1 aliphatic rings. The molecule has 1 atom stereocenters. The maximum absolute atomic E-state index is 12.0. The number of amides is 1. The van der Waals surface area contributed by atoms with E-state index in [1.165, 1.54) is 11.3 Å². The average Bonchev–Trinajstić information content (AvgIpc) is 2.56. The van der Waals surface area contributed by atoms with E-state index < -0.39 is 0 Å². The zero-order valence-electron chi connectivity index (χ0n) is 13.5. The van der Waals surface area contributed by atoms with Gasteiger partial charge in [0.25, 0.3) is 0 Å². The summed E-state index contributed by atoms with van der Waals surface area (Å²) in [6.07, 6.45) is 0. The molecule has 1 heterocycles. The minimum Gasteiger partial charge on any atom is -0.369 e. The SMILES string of the molecule is Cc1cccc(N2CCN(C(C(N)=O)c3ccccc3)CC2)c1. The molecule has 0 aromatic heterocycles. The van der Waals surface area contributed by atoms with Crippen LogP contribution in [-0.2, 0) is 4.79 Å². The van der Waals surface area contributed by atoms with Gasteiger partial charge in [0.2, 0.25) is 5.91 Å². The summed E-state index contributed by atoms with van der Waals surface area (Å²) < 4.78 is 0. The third-order valence-electron chi connectivity index (χ3n) is 4.43. The molecule has 23 heavy (non-hydrogen) atoms. The molecule has 120 valence electrons.